The number of amides is 1. The highest BCUT2D eigenvalue weighted by Crippen LogP contribution is 2.18. The highest BCUT2D eigenvalue weighted by molar-refractivity contribution is 5.78. The molecule has 0 radical (unpaired) electrons. The van der Waals surface area contributed by atoms with E-state index in [1.165, 1.54) is 0 Å². The van der Waals surface area contributed by atoms with E-state index in [4.69, 9.17) is 5.73 Å². The van der Waals surface area contributed by atoms with Gasteiger partial charge in [0.25, 0.3) is 0 Å². The second-order valence-electron chi connectivity index (χ2n) is 3.80. The van der Waals surface area contributed by atoms with Crippen molar-refractivity contribution in [3.8, 4) is 0 Å². The highest BCUT2D eigenvalue weighted by Gasteiger charge is 2.28. The minimum absolute atomic E-state index is 0.163. The molecule has 1 aliphatic rings. The number of carbonyl (C=O) groups excluding carboxylic acids is 1. The molecule has 0 saturated carbocycles. The Morgan fingerprint density at radius 3 is 3.07 bits per heavy atom. The summed E-state index contributed by atoms with van der Waals surface area (Å²) < 4.78 is 0. The molecule has 1 saturated heterocycles. The van der Waals surface area contributed by atoms with Crippen LogP contribution in [0.25, 0.3) is 0 Å². The van der Waals surface area contributed by atoms with E-state index in [1.54, 1.807) is 11.1 Å². The van der Waals surface area contributed by atoms with Gasteiger partial charge in [-0.15, -0.1) is 0 Å². The quantitative estimate of drug-likeness (QED) is 0.742. The Labute approximate surface area is 88.3 Å². The number of rotatable bonds is 3. The molecule has 1 aliphatic heterocycles. The molecular formula is C10H14N4O. The topological polar surface area (TPSA) is 72.1 Å². The van der Waals surface area contributed by atoms with Crippen LogP contribution in [0.2, 0.25) is 0 Å². The van der Waals surface area contributed by atoms with Gasteiger partial charge in [0.1, 0.15) is 0 Å². The van der Waals surface area contributed by atoms with Crippen molar-refractivity contribution in [2.45, 2.75) is 13.0 Å². The van der Waals surface area contributed by atoms with Gasteiger partial charge in [0, 0.05) is 19.2 Å². The third kappa shape index (κ3) is 2.30. The largest absolute Gasteiger partial charge is 0.336 e. The summed E-state index contributed by atoms with van der Waals surface area (Å²) in [6, 6.07) is 3.69. The molecule has 5 nitrogen and oxygen atoms in total. The summed E-state index contributed by atoms with van der Waals surface area (Å²) in [5.41, 5.74) is 6.37. The number of nitrogens with zero attached hydrogens (tertiary/aromatic N) is 3. The fourth-order valence-corrected chi connectivity index (χ4v) is 1.78. The van der Waals surface area contributed by atoms with Crippen LogP contribution in [0.5, 0.6) is 0 Å². The van der Waals surface area contributed by atoms with E-state index >= 15 is 0 Å². The number of hydrogen-bond donors (Lipinski definition) is 1. The van der Waals surface area contributed by atoms with Crippen LogP contribution in [-0.2, 0) is 11.3 Å². The van der Waals surface area contributed by atoms with Crippen LogP contribution in [0.3, 0.4) is 0 Å². The molecule has 2 heterocycles. The molecule has 15 heavy (non-hydrogen) atoms. The minimum atomic E-state index is 0.163. The minimum Gasteiger partial charge on any atom is -0.336 e. The van der Waals surface area contributed by atoms with Crippen LogP contribution in [0.15, 0.2) is 18.3 Å². The van der Waals surface area contributed by atoms with Gasteiger partial charge in [-0.1, -0.05) is 0 Å². The van der Waals surface area contributed by atoms with Crippen molar-refractivity contribution >= 4 is 5.91 Å². The number of nitrogens with two attached hydrogens (primary N) is 1. The molecule has 2 rings (SSSR count). The molecule has 1 aromatic rings. The standard InChI is InChI=1S/C10H14N4O/c11-5-8-4-10(15)14(6-8)7-9-2-1-3-12-13-9/h1-3,8H,4-7,11H2. The van der Waals surface area contributed by atoms with Crippen LogP contribution in [0.1, 0.15) is 12.1 Å². The maximum Gasteiger partial charge on any atom is 0.223 e. The first-order valence-corrected chi connectivity index (χ1v) is 5.04. The first-order valence-electron chi connectivity index (χ1n) is 5.04. The third-order valence-electron chi connectivity index (χ3n) is 2.61. The van der Waals surface area contributed by atoms with Crippen molar-refractivity contribution in [3.63, 3.8) is 0 Å². The third-order valence-corrected chi connectivity index (χ3v) is 2.61. The van der Waals surface area contributed by atoms with E-state index in [1.807, 2.05) is 12.1 Å². The summed E-state index contributed by atoms with van der Waals surface area (Å²) in [6.45, 7) is 1.86. The zero-order valence-electron chi connectivity index (χ0n) is 8.47. The Kier molecular flexibility index (Phi) is 2.91. The highest BCUT2D eigenvalue weighted by atomic mass is 16.2. The molecule has 80 valence electrons. The van der Waals surface area contributed by atoms with Gasteiger partial charge in [0.05, 0.1) is 12.2 Å². The van der Waals surface area contributed by atoms with Gasteiger partial charge in [0.2, 0.25) is 5.91 Å². The monoisotopic (exact) mass is 206 g/mol. The van der Waals surface area contributed by atoms with Crippen molar-refractivity contribution in [1.82, 2.24) is 15.1 Å². The lowest BCUT2D eigenvalue weighted by atomic mass is 10.1. The maximum atomic E-state index is 11.6. The van der Waals surface area contributed by atoms with Gasteiger partial charge >= 0.3 is 0 Å². The van der Waals surface area contributed by atoms with Crippen LogP contribution in [0, 0.1) is 5.92 Å². The lowest BCUT2D eigenvalue weighted by Gasteiger charge is -2.15. The molecule has 0 spiro atoms. The molecule has 2 N–H and O–H groups in total. The zero-order valence-corrected chi connectivity index (χ0v) is 8.47. The van der Waals surface area contributed by atoms with Gasteiger partial charge in [-0.3, -0.25) is 4.79 Å². The average molecular weight is 206 g/mol. The molecule has 0 aromatic carbocycles. The SMILES string of the molecule is NCC1CC(=O)N(Cc2cccnn2)C1. The zero-order chi connectivity index (χ0) is 10.7. The summed E-state index contributed by atoms with van der Waals surface area (Å²) in [5.74, 6) is 0.463. The van der Waals surface area contributed by atoms with Gasteiger partial charge < -0.3 is 10.6 Å². The Morgan fingerprint density at radius 2 is 2.47 bits per heavy atom. The predicted octanol–water partition coefficient (Wildman–Crippen LogP) is -0.216. The molecule has 1 aromatic heterocycles. The molecule has 1 atom stereocenters. The van der Waals surface area contributed by atoms with Crippen LogP contribution >= 0.6 is 0 Å². The second-order valence-corrected chi connectivity index (χ2v) is 3.80. The van der Waals surface area contributed by atoms with Gasteiger partial charge in [-0.2, -0.15) is 10.2 Å². The molecule has 1 fully saturated rings. The van der Waals surface area contributed by atoms with E-state index in [2.05, 4.69) is 10.2 Å². The lowest BCUT2D eigenvalue weighted by molar-refractivity contribution is -0.128. The van der Waals surface area contributed by atoms with E-state index in [-0.39, 0.29) is 5.91 Å². The van der Waals surface area contributed by atoms with Crippen molar-refractivity contribution in [3.05, 3.63) is 24.0 Å². The van der Waals surface area contributed by atoms with Gasteiger partial charge in [-0.05, 0) is 24.6 Å². The molecule has 1 amide bonds. The summed E-state index contributed by atoms with van der Waals surface area (Å²) in [5, 5.41) is 7.73. The summed E-state index contributed by atoms with van der Waals surface area (Å²) >= 11 is 0. The van der Waals surface area contributed by atoms with Crippen LogP contribution in [0.4, 0.5) is 0 Å². The fraction of sp³-hybridized carbons (Fsp3) is 0.500. The van der Waals surface area contributed by atoms with Crippen LogP contribution < -0.4 is 5.73 Å². The second kappa shape index (κ2) is 4.35. The van der Waals surface area contributed by atoms with Gasteiger partial charge in [0.15, 0.2) is 0 Å². The number of carbonyl (C=O) groups is 1. The normalized spacial score (nSPS) is 21.0. The van der Waals surface area contributed by atoms with E-state index in [9.17, 15) is 4.79 Å². The summed E-state index contributed by atoms with van der Waals surface area (Å²) in [4.78, 5) is 13.4. The lowest BCUT2D eigenvalue weighted by Crippen LogP contribution is -2.26. The summed E-state index contributed by atoms with van der Waals surface area (Å²) in [6.07, 6.45) is 2.19. The Hall–Kier alpha value is -1.49. The fourth-order valence-electron chi connectivity index (χ4n) is 1.78. The molecule has 1 unspecified atom stereocenters. The number of aromatic nitrogens is 2. The van der Waals surface area contributed by atoms with Crippen LogP contribution in [-0.4, -0.2) is 34.1 Å². The number of hydrogen-bond acceptors (Lipinski definition) is 4. The smallest absolute Gasteiger partial charge is 0.223 e. The first kappa shape index (κ1) is 10.0. The van der Waals surface area contributed by atoms with Crippen molar-refractivity contribution in [2.75, 3.05) is 13.1 Å². The first-order chi connectivity index (χ1) is 7.29. The van der Waals surface area contributed by atoms with E-state index in [0.717, 1.165) is 12.2 Å². The van der Waals surface area contributed by atoms with Crippen molar-refractivity contribution < 1.29 is 4.79 Å². The van der Waals surface area contributed by atoms with E-state index < -0.39 is 0 Å². The average Bonchev–Trinajstić information content (AvgIpc) is 2.61. The van der Waals surface area contributed by atoms with Gasteiger partial charge in [-0.25, -0.2) is 0 Å². The number of likely N-dealkylation sites (tertiary alicyclic amines) is 1. The molecule has 5 heteroatoms. The maximum absolute atomic E-state index is 11.6. The van der Waals surface area contributed by atoms with E-state index in [0.29, 0.717) is 25.4 Å². The predicted molar refractivity (Wildman–Crippen MR) is 54.6 cm³/mol. The Morgan fingerprint density at radius 1 is 1.60 bits per heavy atom. The molecular weight excluding hydrogens is 192 g/mol. The Balaban J connectivity index is 1.99. The molecule has 0 aliphatic carbocycles. The molecule has 0 bridgehead atoms. The van der Waals surface area contributed by atoms with Crippen molar-refractivity contribution in [2.24, 2.45) is 11.7 Å². The van der Waals surface area contributed by atoms with Crippen molar-refractivity contribution in [1.29, 1.82) is 0 Å². The summed E-state index contributed by atoms with van der Waals surface area (Å²) in [7, 11) is 0. The Bertz CT molecular complexity index is 341.